The Hall–Kier alpha value is -1.14. The molecule has 0 nitrogen and oxygen atoms in total. The van der Waals surface area contributed by atoms with Crippen LogP contribution < -0.4 is 24.8 Å². The Bertz CT molecular complexity index is 1220. The zero-order valence-electron chi connectivity index (χ0n) is 22.2. The van der Waals surface area contributed by atoms with E-state index in [9.17, 15) is 0 Å². The monoisotopic (exact) mass is 580 g/mol. The largest absolute Gasteiger partial charge is 1.00 e. The minimum Gasteiger partial charge on any atom is -1.00 e. The molecule has 3 heteroatoms. The predicted octanol–water partition coefficient (Wildman–Crippen LogP) is 2.91. The zero-order chi connectivity index (χ0) is 23.7. The first-order valence-electron chi connectivity index (χ1n) is 12.3. The van der Waals surface area contributed by atoms with Gasteiger partial charge in [0.1, 0.15) is 0 Å². The van der Waals surface area contributed by atoms with Crippen LogP contribution in [-0.4, -0.2) is 0 Å². The van der Waals surface area contributed by atoms with Crippen LogP contribution in [0.15, 0.2) is 60.7 Å². The Morgan fingerprint density at radius 1 is 0.657 bits per heavy atom. The van der Waals surface area contributed by atoms with Crippen LogP contribution in [0.5, 0.6) is 0 Å². The predicted molar refractivity (Wildman–Crippen MR) is 139 cm³/mol. The summed E-state index contributed by atoms with van der Waals surface area (Å²) in [6, 6.07) is 21.6. The van der Waals surface area contributed by atoms with Gasteiger partial charge in [-0.3, -0.25) is 0 Å². The molecule has 0 bridgehead atoms. The Balaban J connectivity index is 0.00000171. The van der Waals surface area contributed by atoms with Crippen molar-refractivity contribution in [2.75, 3.05) is 0 Å². The summed E-state index contributed by atoms with van der Waals surface area (Å²) in [7, 11) is 0. The van der Waals surface area contributed by atoms with Gasteiger partial charge < -0.3 is 24.8 Å². The summed E-state index contributed by atoms with van der Waals surface area (Å²) in [5.41, 5.74) is 15.5. The molecular weight excluding hydrogens is 546 g/mol. The van der Waals surface area contributed by atoms with E-state index >= 15 is 0 Å². The summed E-state index contributed by atoms with van der Waals surface area (Å²) in [5, 5.41) is 0. The fourth-order valence-corrected chi connectivity index (χ4v) is 10.7. The molecule has 3 aromatic rings. The maximum Gasteiger partial charge on any atom is -1.00 e. The molecule has 0 spiro atoms. The van der Waals surface area contributed by atoms with Crippen LogP contribution >= 0.6 is 0 Å². The molecule has 0 fully saturated rings. The topological polar surface area (TPSA) is 0 Å². The summed E-state index contributed by atoms with van der Waals surface area (Å²) < 4.78 is 1.24. The van der Waals surface area contributed by atoms with Gasteiger partial charge in [-0.25, -0.2) is 0 Å². The van der Waals surface area contributed by atoms with Crippen LogP contribution in [0.3, 0.4) is 0 Å². The molecule has 0 saturated heterocycles. The minimum atomic E-state index is -0.880. The number of hydrogen-bond acceptors (Lipinski definition) is 0. The minimum absolute atomic E-state index is 0. The van der Waals surface area contributed by atoms with Crippen molar-refractivity contribution in [2.24, 2.45) is 0 Å². The molecule has 1 atom stereocenters. The maximum atomic E-state index is 2.60. The van der Waals surface area contributed by atoms with Gasteiger partial charge in [0.2, 0.25) is 0 Å². The van der Waals surface area contributed by atoms with Crippen molar-refractivity contribution >= 4 is 5.57 Å². The smallest absolute Gasteiger partial charge is 1.00 e. The van der Waals surface area contributed by atoms with Crippen LogP contribution in [0.2, 0.25) is 0 Å². The van der Waals surface area contributed by atoms with E-state index in [-0.39, 0.29) is 35.6 Å². The number of aryl methyl sites for hydroxylation is 1. The second-order valence-corrected chi connectivity index (χ2v) is 15.8. The van der Waals surface area contributed by atoms with Crippen LogP contribution in [-0.2, 0) is 34.1 Å². The Labute approximate surface area is 236 Å². The molecule has 0 aromatic heterocycles. The van der Waals surface area contributed by atoms with E-state index in [1.807, 2.05) is 0 Å². The second kappa shape index (κ2) is 9.97. The molecule has 35 heavy (non-hydrogen) atoms. The number of fused-ring (bicyclic) bond motifs is 4. The molecule has 5 rings (SSSR count). The van der Waals surface area contributed by atoms with Gasteiger partial charge in [0.25, 0.3) is 0 Å². The van der Waals surface area contributed by atoms with Gasteiger partial charge in [0.05, 0.1) is 0 Å². The number of benzene rings is 3. The average Bonchev–Trinajstić information content (AvgIpc) is 3.22. The standard InChI is InChI=1S/C21H25.C11H11.2ClH.Zr/c1-20(2,3)16-7-9-18-14(12-16)11-15-13-17(21(4,5)6)8-10-19(15)18;1-8-4-3-5-10-9(2)6-7-11(8)10;;;/h7-13H,1-6H3;3-7H,1-2H3;2*1H;/q;;;;+2/p-2. The number of rotatable bonds is 2. The van der Waals surface area contributed by atoms with Crippen LogP contribution in [0.25, 0.3) is 16.7 Å². The van der Waals surface area contributed by atoms with E-state index in [0.717, 1.165) is 0 Å². The van der Waals surface area contributed by atoms with Crippen molar-refractivity contribution in [3.8, 4) is 11.1 Å². The van der Waals surface area contributed by atoms with Crippen molar-refractivity contribution in [3.05, 3.63) is 99.6 Å². The number of allylic oxidation sites excluding steroid dienone is 2. The molecule has 0 heterocycles. The van der Waals surface area contributed by atoms with Gasteiger partial charge >= 0.3 is 213 Å². The normalized spacial score (nSPS) is 16.3. The first-order chi connectivity index (χ1) is 15.4. The van der Waals surface area contributed by atoms with E-state index in [1.165, 1.54) is 39.0 Å². The molecule has 0 radical (unpaired) electrons. The molecule has 0 amide bonds. The van der Waals surface area contributed by atoms with Gasteiger partial charge in [0, 0.05) is 0 Å². The molecule has 182 valence electrons. The summed E-state index contributed by atoms with van der Waals surface area (Å²) in [4.78, 5) is 0. The first kappa shape index (κ1) is 28.4. The quantitative estimate of drug-likeness (QED) is 0.436. The van der Waals surface area contributed by atoms with Gasteiger partial charge in [-0.15, -0.1) is 0 Å². The third-order valence-corrected chi connectivity index (χ3v) is 11.9. The van der Waals surface area contributed by atoms with E-state index < -0.39 is 23.2 Å². The summed E-state index contributed by atoms with van der Waals surface area (Å²) in [5.74, 6) is 0. The summed E-state index contributed by atoms with van der Waals surface area (Å²) in [6.45, 7) is 18.7. The van der Waals surface area contributed by atoms with Crippen molar-refractivity contribution in [1.82, 2.24) is 0 Å². The maximum absolute atomic E-state index is 2.60. The number of halogens is 2. The molecule has 1 unspecified atom stereocenters. The number of hydrogen-bond donors (Lipinski definition) is 0. The van der Waals surface area contributed by atoms with Gasteiger partial charge in [-0.1, -0.05) is 0 Å². The summed E-state index contributed by atoms with van der Waals surface area (Å²) >= 11 is -0.880. The molecule has 0 saturated carbocycles. The Kier molecular flexibility index (Phi) is 8.10. The summed E-state index contributed by atoms with van der Waals surface area (Å²) in [6.07, 6.45) is 2.60. The van der Waals surface area contributed by atoms with Crippen molar-refractivity contribution in [2.45, 2.75) is 73.5 Å². The third kappa shape index (κ3) is 5.03. The van der Waals surface area contributed by atoms with Gasteiger partial charge in [-0.05, 0) is 0 Å². The van der Waals surface area contributed by atoms with E-state index in [2.05, 4.69) is 116 Å². The molecular formula is C32H36Cl2Zr. The van der Waals surface area contributed by atoms with Crippen LogP contribution in [0, 0.1) is 6.92 Å². The first-order valence-corrected chi connectivity index (χ1v) is 15.1. The van der Waals surface area contributed by atoms with Gasteiger partial charge in [0.15, 0.2) is 0 Å². The van der Waals surface area contributed by atoms with Crippen molar-refractivity contribution in [1.29, 1.82) is 0 Å². The Morgan fingerprint density at radius 2 is 1.17 bits per heavy atom. The van der Waals surface area contributed by atoms with Gasteiger partial charge in [-0.2, -0.15) is 0 Å². The molecule has 2 aliphatic carbocycles. The van der Waals surface area contributed by atoms with Crippen LogP contribution in [0.4, 0.5) is 0 Å². The molecule has 0 aliphatic heterocycles. The second-order valence-electron chi connectivity index (χ2n) is 12.1. The molecule has 0 N–H and O–H groups in total. The zero-order valence-corrected chi connectivity index (χ0v) is 26.2. The fourth-order valence-electron chi connectivity index (χ4n) is 5.55. The average molecular weight is 583 g/mol. The van der Waals surface area contributed by atoms with Crippen molar-refractivity contribution in [3.63, 3.8) is 0 Å². The third-order valence-electron chi connectivity index (χ3n) is 7.57. The van der Waals surface area contributed by atoms with Crippen LogP contribution in [0.1, 0.15) is 94.7 Å². The fraction of sp³-hybridized carbons (Fsp3) is 0.375. The van der Waals surface area contributed by atoms with E-state index in [1.54, 1.807) is 16.7 Å². The Morgan fingerprint density at radius 3 is 1.66 bits per heavy atom. The molecule has 3 aromatic carbocycles. The van der Waals surface area contributed by atoms with Crippen molar-refractivity contribution < 1.29 is 48.0 Å². The SMILES string of the molecule is CC1=C[CH]([Zr+2][CH]2c3cc(C(C)(C)C)ccc3-c3ccc(C(C)(C)C)cc32)c2c(C)cccc21.[Cl-].[Cl-]. The van der Waals surface area contributed by atoms with E-state index in [0.29, 0.717) is 7.25 Å². The van der Waals surface area contributed by atoms with E-state index in [4.69, 9.17) is 0 Å². The molecule has 2 aliphatic rings.